The first-order valence-electron chi connectivity index (χ1n) is 4.91. The minimum absolute atomic E-state index is 0.0460. The molecule has 1 aliphatic rings. The zero-order valence-corrected chi connectivity index (χ0v) is 9.39. The summed E-state index contributed by atoms with van der Waals surface area (Å²) in [6.45, 7) is 3.26. The van der Waals surface area contributed by atoms with Crippen LogP contribution in [-0.4, -0.2) is 25.2 Å². The molecule has 82 valence electrons. The van der Waals surface area contributed by atoms with Gasteiger partial charge >= 0.3 is 0 Å². The Labute approximate surface area is 92.4 Å². The maximum Gasteiger partial charge on any atom is 0.261 e. The Morgan fingerprint density at radius 3 is 3.07 bits per heavy atom. The molecule has 1 fully saturated rings. The van der Waals surface area contributed by atoms with E-state index in [1.807, 2.05) is 6.92 Å². The third-order valence-electron chi connectivity index (χ3n) is 2.44. The molecule has 0 aromatic carbocycles. The van der Waals surface area contributed by atoms with E-state index in [1.54, 1.807) is 6.07 Å². The summed E-state index contributed by atoms with van der Waals surface area (Å²) < 4.78 is 5.19. The van der Waals surface area contributed by atoms with E-state index in [4.69, 9.17) is 10.5 Å². The molecule has 1 amide bonds. The number of amides is 1. The van der Waals surface area contributed by atoms with Gasteiger partial charge in [-0.15, -0.1) is 11.3 Å². The molecule has 1 saturated heterocycles. The van der Waals surface area contributed by atoms with Crippen LogP contribution in [0.15, 0.2) is 6.07 Å². The summed E-state index contributed by atoms with van der Waals surface area (Å²) in [4.78, 5) is 13.4. The second kappa shape index (κ2) is 4.20. The van der Waals surface area contributed by atoms with Crippen LogP contribution in [0.25, 0.3) is 0 Å². The predicted molar refractivity (Wildman–Crippen MR) is 60.2 cm³/mol. The average molecular weight is 226 g/mol. The lowest BCUT2D eigenvalue weighted by Crippen LogP contribution is -2.34. The summed E-state index contributed by atoms with van der Waals surface area (Å²) in [5.41, 5.74) is 6.38. The smallest absolute Gasteiger partial charge is 0.261 e. The number of nitrogens with one attached hydrogen (secondary N) is 1. The number of aryl methyl sites for hydroxylation is 1. The molecule has 0 saturated carbocycles. The molecule has 0 spiro atoms. The predicted octanol–water partition coefficient (Wildman–Crippen LogP) is 1.16. The zero-order valence-electron chi connectivity index (χ0n) is 8.58. The number of hydrogen-bond acceptors (Lipinski definition) is 4. The summed E-state index contributed by atoms with van der Waals surface area (Å²) in [5, 5.41) is 2.93. The Morgan fingerprint density at radius 1 is 1.73 bits per heavy atom. The standard InChI is InChI=1S/C10H14N2O2S/c1-6-8(11)4-9(15-6)10(13)12-7-2-3-14-5-7/h4,7H,2-3,5,11H2,1H3,(H,12,13). The van der Waals surface area contributed by atoms with Gasteiger partial charge in [0.15, 0.2) is 0 Å². The molecular weight excluding hydrogens is 212 g/mol. The molecule has 0 aliphatic carbocycles. The molecule has 15 heavy (non-hydrogen) atoms. The van der Waals surface area contributed by atoms with E-state index in [-0.39, 0.29) is 11.9 Å². The van der Waals surface area contributed by atoms with Gasteiger partial charge in [-0.3, -0.25) is 4.79 Å². The number of carbonyl (C=O) groups excluding carboxylic acids is 1. The molecule has 2 heterocycles. The lowest BCUT2D eigenvalue weighted by Gasteiger charge is -2.08. The number of thiophene rings is 1. The van der Waals surface area contributed by atoms with Crippen molar-refractivity contribution in [2.45, 2.75) is 19.4 Å². The van der Waals surface area contributed by atoms with Crippen LogP contribution in [0.1, 0.15) is 21.0 Å². The molecule has 1 aromatic rings. The van der Waals surface area contributed by atoms with Gasteiger partial charge in [0, 0.05) is 17.2 Å². The molecule has 2 rings (SSSR count). The van der Waals surface area contributed by atoms with E-state index in [2.05, 4.69) is 5.32 Å². The molecule has 1 aromatic heterocycles. The van der Waals surface area contributed by atoms with Crippen LogP contribution in [0.4, 0.5) is 5.69 Å². The van der Waals surface area contributed by atoms with Crippen molar-refractivity contribution in [1.82, 2.24) is 5.32 Å². The number of nitrogens with two attached hydrogens (primary N) is 1. The number of rotatable bonds is 2. The Kier molecular flexibility index (Phi) is 2.93. The number of ether oxygens (including phenoxy) is 1. The maximum atomic E-state index is 11.8. The van der Waals surface area contributed by atoms with E-state index in [0.29, 0.717) is 17.2 Å². The average Bonchev–Trinajstić information content (AvgIpc) is 2.78. The second-order valence-electron chi connectivity index (χ2n) is 3.66. The van der Waals surface area contributed by atoms with Crippen molar-refractivity contribution >= 4 is 22.9 Å². The summed E-state index contributed by atoms with van der Waals surface area (Å²) in [7, 11) is 0. The zero-order chi connectivity index (χ0) is 10.8. The van der Waals surface area contributed by atoms with Gasteiger partial charge in [0.05, 0.1) is 17.5 Å². The molecule has 3 N–H and O–H groups in total. The summed E-state index contributed by atoms with van der Waals surface area (Å²) in [5.74, 6) is -0.0460. The molecule has 1 unspecified atom stereocenters. The first-order valence-corrected chi connectivity index (χ1v) is 5.73. The molecule has 5 heteroatoms. The second-order valence-corrected chi connectivity index (χ2v) is 4.91. The van der Waals surface area contributed by atoms with Gasteiger partial charge in [0.1, 0.15) is 0 Å². The molecule has 1 aliphatic heterocycles. The highest BCUT2D eigenvalue weighted by atomic mass is 32.1. The quantitative estimate of drug-likeness (QED) is 0.795. The molecular formula is C10H14N2O2S. The lowest BCUT2D eigenvalue weighted by atomic mass is 10.2. The fourth-order valence-electron chi connectivity index (χ4n) is 1.51. The van der Waals surface area contributed by atoms with Gasteiger partial charge < -0.3 is 15.8 Å². The van der Waals surface area contributed by atoms with Crippen LogP contribution in [-0.2, 0) is 4.74 Å². The van der Waals surface area contributed by atoms with Gasteiger partial charge in [0.2, 0.25) is 0 Å². The van der Waals surface area contributed by atoms with Crippen LogP contribution in [0.2, 0.25) is 0 Å². The largest absolute Gasteiger partial charge is 0.398 e. The molecule has 1 atom stereocenters. The highest BCUT2D eigenvalue weighted by Gasteiger charge is 2.19. The van der Waals surface area contributed by atoms with Crippen molar-refractivity contribution in [3.05, 3.63) is 15.8 Å². The fourth-order valence-corrected chi connectivity index (χ4v) is 2.36. The SMILES string of the molecule is Cc1sc(C(=O)NC2CCOC2)cc1N. The number of hydrogen-bond donors (Lipinski definition) is 2. The van der Waals surface area contributed by atoms with Crippen molar-refractivity contribution in [2.24, 2.45) is 0 Å². The van der Waals surface area contributed by atoms with E-state index < -0.39 is 0 Å². The van der Waals surface area contributed by atoms with Gasteiger partial charge in [-0.1, -0.05) is 0 Å². The Bertz CT molecular complexity index is 350. The van der Waals surface area contributed by atoms with E-state index in [9.17, 15) is 4.79 Å². The number of carbonyl (C=O) groups is 1. The van der Waals surface area contributed by atoms with E-state index in [1.165, 1.54) is 11.3 Å². The molecule has 0 bridgehead atoms. The fraction of sp³-hybridized carbons (Fsp3) is 0.500. The monoisotopic (exact) mass is 226 g/mol. The van der Waals surface area contributed by atoms with E-state index in [0.717, 1.165) is 17.9 Å². The Hall–Kier alpha value is -1.07. The Morgan fingerprint density at radius 2 is 2.53 bits per heavy atom. The highest BCUT2D eigenvalue weighted by Crippen LogP contribution is 2.23. The number of anilines is 1. The molecule has 4 nitrogen and oxygen atoms in total. The van der Waals surface area contributed by atoms with Crippen LogP contribution >= 0.6 is 11.3 Å². The summed E-state index contributed by atoms with van der Waals surface area (Å²) in [6.07, 6.45) is 0.894. The van der Waals surface area contributed by atoms with Crippen molar-refractivity contribution in [3.8, 4) is 0 Å². The van der Waals surface area contributed by atoms with Gasteiger partial charge in [-0.05, 0) is 19.4 Å². The van der Waals surface area contributed by atoms with E-state index >= 15 is 0 Å². The third kappa shape index (κ3) is 2.30. The first-order chi connectivity index (χ1) is 7.16. The third-order valence-corrected chi connectivity index (χ3v) is 3.51. The highest BCUT2D eigenvalue weighted by molar-refractivity contribution is 7.14. The van der Waals surface area contributed by atoms with Crippen LogP contribution in [0, 0.1) is 6.92 Å². The van der Waals surface area contributed by atoms with Crippen molar-refractivity contribution in [2.75, 3.05) is 18.9 Å². The summed E-state index contributed by atoms with van der Waals surface area (Å²) >= 11 is 1.43. The van der Waals surface area contributed by atoms with Crippen molar-refractivity contribution in [3.63, 3.8) is 0 Å². The van der Waals surface area contributed by atoms with Crippen LogP contribution in [0.5, 0.6) is 0 Å². The number of nitrogen functional groups attached to an aromatic ring is 1. The first kappa shape index (κ1) is 10.4. The van der Waals surface area contributed by atoms with Gasteiger partial charge in [0.25, 0.3) is 5.91 Å². The van der Waals surface area contributed by atoms with Crippen LogP contribution in [0.3, 0.4) is 0 Å². The normalized spacial score (nSPS) is 20.5. The van der Waals surface area contributed by atoms with Gasteiger partial charge in [-0.2, -0.15) is 0 Å². The minimum atomic E-state index is -0.0460. The van der Waals surface area contributed by atoms with Crippen LogP contribution < -0.4 is 11.1 Å². The topological polar surface area (TPSA) is 64.3 Å². The van der Waals surface area contributed by atoms with Crippen molar-refractivity contribution < 1.29 is 9.53 Å². The van der Waals surface area contributed by atoms with Crippen molar-refractivity contribution in [1.29, 1.82) is 0 Å². The summed E-state index contributed by atoms with van der Waals surface area (Å²) in [6, 6.07) is 1.88. The molecule has 0 radical (unpaired) electrons. The maximum absolute atomic E-state index is 11.8. The Balaban J connectivity index is 2.00. The lowest BCUT2D eigenvalue weighted by molar-refractivity contribution is 0.0934. The minimum Gasteiger partial charge on any atom is -0.398 e. The van der Waals surface area contributed by atoms with Gasteiger partial charge in [-0.25, -0.2) is 0 Å².